The number of benzene rings is 1. The molecule has 1 aromatic rings. The second-order valence-electron chi connectivity index (χ2n) is 4.48. The van der Waals surface area contributed by atoms with Crippen molar-refractivity contribution in [2.75, 3.05) is 6.61 Å². The molecule has 1 rings (SSSR count). The third-order valence-corrected chi connectivity index (χ3v) is 2.71. The van der Waals surface area contributed by atoms with E-state index in [4.69, 9.17) is 9.84 Å². The van der Waals surface area contributed by atoms with Crippen molar-refractivity contribution in [1.29, 1.82) is 0 Å². The summed E-state index contributed by atoms with van der Waals surface area (Å²) in [6, 6.07) is 10.1. The smallest absolute Gasteiger partial charge is 0.0807 e. The van der Waals surface area contributed by atoms with Crippen LogP contribution in [0.2, 0.25) is 0 Å². The van der Waals surface area contributed by atoms with Crippen molar-refractivity contribution in [1.82, 2.24) is 0 Å². The highest BCUT2D eigenvalue weighted by Gasteiger charge is 2.15. The number of aliphatic hydroxyl groups is 2. The molecular formula is C14H22O3. The summed E-state index contributed by atoms with van der Waals surface area (Å²) >= 11 is 0. The van der Waals surface area contributed by atoms with E-state index in [1.165, 1.54) is 5.56 Å². The van der Waals surface area contributed by atoms with E-state index in [2.05, 4.69) is 0 Å². The number of aryl methyl sites for hydroxylation is 1. The quantitative estimate of drug-likeness (QED) is 0.761. The van der Waals surface area contributed by atoms with E-state index < -0.39 is 12.2 Å². The molecule has 0 saturated carbocycles. The van der Waals surface area contributed by atoms with E-state index in [0.29, 0.717) is 6.42 Å². The lowest BCUT2D eigenvalue weighted by Gasteiger charge is -2.20. The largest absolute Gasteiger partial charge is 0.391 e. The van der Waals surface area contributed by atoms with Gasteiger partial charge < -0.3 is 14.9 Å². The summed E-state index contributed by atoms with van der Waals surface area (Å²) in [5, 5.41) is 19.0. The second-order valence-corrected chi connectivity index (χ2v) is 4.48. The van der Waals surface area contributed by atoms with Gasteiger partial charge in [-0.05, 0) is 32.3 Å². The normalized spacial score (nSPS) is 16.5. The first-order valence-electron chi connectivity index (χ1n) is 6.11. The molecule has 0 aliphatic rings. The molecule has 3 atom stereocenters. The molecule has 1 aromatic carbocycles. The molecule has 3 nitrogen and oxygen atoms in total. The van der Waals surface area contributed by atoms with Gasteiger partial charge >= 0.3 is 0 Å². The van der Waals surface area contributed by atoms with E-state index in [-0.39, 0.29) is 12.7 Å². The predicted octanol–water partition coefficient (Wildman–Crippen LogP) is 1.77. The maximum absolute atomic E-state index is 9.89. The van der Waals surface area contributed by atoms with Crippen LogP contribution >= 0.6 is 0 Å². The van der Waals surface area contributed by atoms with Crippen LogP contribution < -0.4 is 0 Å². The summed E-state index contributed by atoms with van der Waals surface area (Å²) in [4.78, 5) is 0. The van der Waals surface area contributed by atoms with Crippen LogP contribution in [0, 0.1) is 0 Å². The highest BCUT2D eigenvalue weighted by molar-refractivity contribution is 5.14. The van der Waals surface area contributed by atoms with Crippen LogP contribution in [-0.2, 0) is 11.2 Å². The molecule has 0 aromatic heterocycles. The lowest BCUT2D eigenvalue weighted by Crippen LogP contribution is -2.29. The Morgan fingerprint density at radius 3 is 2.35 bits per heavy atom. The Hall–Kier alpha value is -0.900. The molecule has 0 aliphatic heterocycles. The van der Waals surface area contributed by atoms with Crippen molar-refractivity contribution < 1.29 is 14.9 Å². The van der Waals surface area contributed by atoms with Gasteiger partial charge in [0, 0.05) is 0 Å². The topological polar surface area (TPSA) is 49.7 Å². The van der Waals surface area contributed by atoms with E-state index in [1.54, 1.807) is 6.92 Å². The molecule has 3 heteroatoms. The average molecular weight is 238 g/mol. The van der Waals surface area contributed by atoms with Crippen molar-refractivity contribution in [3.8, 4) is 0 Å². The van der Waals surface area contributed by atoms with Crippen LogP contribution in [0.1, 0.15) is 25.8 Å². The Kier molecular flexibility index (Phi) is 6.19. The first-order valence-corrected chi connectivity index (χ1v) is 6.11. The first kappa shape index (κ1) is 14.2. The maximum atomic E-state index is 9.89. The first-order chi connectivity index (χ1) is 8.09. The van der Waals surface area contributed by atoms with Gasteiger partial charge in [0.15, 0.2) is 0 Å². The Bertz CT molecular complexity index is 298. The van der Waals surface area contributed by atoms with Gasteiger partial charge in [-0.2, -0.15) is 0 Å². The molecule has 0 radical (unpaired) electrons. The number of aliphatic hydroxyl groups excluding tert-OH is 2. The van der Waals surface area contributed by atoms with Gasteiger partial charge in [0.2, 0.25) is 0 Å². The van der Waals surface area contributed by atoms with Crippen LogP contribution in [0.25, 0.3) is 0 Å². The number of rotatable bonds is 7. The molecule has 0 fully saturated rings. The van der Waals surface area contributed by atoms with Crippen molar-refractivity contribution >= 4 is 0 Å². The fourth-order valence-electron chi connectivity index (χ4n) is 1.60. The van der Waals surface area contributed by atoms with E-state index >= 15 is 0 Å². The van der Waals surface area contributed by atoms with E-state index in [0.717, 1.165) is 6.42 Å². The molecular weight excluding hydrogens is 216 g/mol. The Balaban J connectivity index is 2.26. The second kappa shape index (κ2) is 7.43. The molecule has 3 unspecified atom stereocenters. The van der Waals surface area contributed by atoms with Crippen LogP contribution in [0.4, 0.5) is 0 Å². The van der Waals surface area contributed by atoms with Crippen LogP contribution in [-0.4, -0.2) is 35.1 Å². The van der Waals surface area contributed by atoms with Crippen LogP contribution in [0.5, 0.6) is 0 Å². The predicted molar refractivity (Wildman–Crippen MR) is 67.9 cm³/mol. The molecule has 0 amide bonds. The molecule has 0 spiro atoms. The number of hydrogen-bond donors (Lipinski definition) is 2. The van der Waals surface area contributed by atoms with Gasteiger partial charge in [-0.3, -0.25) is 0 Å². The summed E-state index contributed by atoms with van der Waals surface area (Å²) in [6.07, 6.45) is 0.288. The molecule has 0 bridgehead atoms. The Morgan fingerprint density at radius 1 is 1.12 bits per heavy atom. The summed E-state index contributed by atoms with van der Waals surface area (Å²) in [5.74, 6) is 0. The lowest BCUT2D eigenvalue weighted by molar-refractivity contribution is -0.0558. The Morgan fingerprint density at radius 2 is 1.76 bits per heavy atom. The molecule has 96 valence electrons. The maximum Gasteiger partial charge on any atom is 0.0807 e. The zero-order valence-corrected chi connectivity index (χ0v) is 10.5. The summed E-state index contributed by atoms with van der Waals surface area (Å²) in [5.41, 5.74) is 1.22. The number of ether oxygens (including phenoxy) is 1. The third kappa shape index (κ3) is 5.82. The van der Waals surface area contributed by atoms with E-state index in [9.17, 15) is 5.11 Å². The fourth-order valence-corrected chi connectivity index (χ4v) is 1.60. The number of hydrogen-bond acceptors (Lipinski definition) is 3. The van der Waals surface area contributed by atoms with Crippen molar-refractivity contribution in [2.45, 2.75) is 45.0 Å². The third-order valence-electron chi connectivity index (χ3n) is 2.71. The summed E-state index contributed by atoms with van der Waals surface area (Å²) in [7, 11) is 0. The minimum absolute atomic E-state index is 0.242. The van der Waals surface area contributed by atoms with Gasteiger partial charge in [0.05, 0.1) is 24.9 Å². The molecule has 0 saturated heterocycles. The van der Waals surface area contributed by atoms with Crippen molar-refractivity contribution in [2.24, 2.45) is 0 Å². The molecule has 0 heterocycles. The summed E-state index contributed by atoms with van der Waals surface area (Å²) in [6.45, 7) is 3.77. The molecule has 0 aliphatic carbocycles. The SMILES string of the molecule is CC(O)COC(C)C(O)CCc1ccccc1. The highest BCUT2D eigenvalue weighted by Crippen LogP contribution is 2.09. The zero-order chi connectivity index (χ0) is 12.7. The van der Waals surface area contributed by atoms with Crippen molar-refractivity contribution in [3.05, 3.63) is 35.9 Å². The van der Waals surface area contributed by atoms with Crippen LogP contribution in [0.3, 0.4) is 0 Å². The lowest BCUT2D eigenvalue weighted by atomic mass is 10.0. The van der Waals surface area contributed by atoms with Crippen LogP contribution in [0.15, 0.2) is 30.3 Å². The zero-order valence-electron chi connectivity index (χ0n) is 10.5. The Labute approximate surface area is 103 Å². The van der Waals surface area contributed by atoms with Gasteiger partial charge in [0.1, 0.15) is 0 Å². The van der Waals surface area contributed by atoms with Crippen molar-refractivity contribution in [3.63, 3.8) is 0 Å². The van der Waals surface area contributed by atoms with E-state index in [1.807, 2.05) is 37.3 Å². The monoisotopic (exact) mass is 238 g/mol. The van der Waals surface area contributed by atoms with Gasteiger partial charge in [-0.1, -0.05) is 30.3 Å². The van der Waals surface area contributed by atoms with Gasteiger partial charge in [-0.15, -0.1) is 0 Å². The van der Waals surface area contributed by atoms with Gasteiger partial charge in [0.25, 0.3) is 0 Å². The minimum Gasteiger partial charge on any atom is -0.391 e. The highest BCUT2D eigenvalue weighted by atomic mass is 16.5. The molecule has 2 N–H and O–H groups in total. The standard InChI is InChI=1S/C14H22O3/c1-11(15)10-17-12(2)14(16)9-8-13-6-4-3-5-7-13/h3-7,11-12,14-16H,8-10H2,1-2H3. The average Bonchev–Trinajstić information content (AvgIpc) is 2.34. The summed E-state index contributed by atoms with van der Waals surface area (Å²) < 4.78 is 5.35. The van der Waals surface area contributed by atoms with Gasteiger partial charge in [-0.25, -0.2) is 0 Å². The molecule has 17 heavy (non-hydrogen) atoms. The fraction of sp³-hybridized carbons (Fsp3) is 0.571. The minimum atomic E-state index is -0.492.